The second-order valence-electron chi connectivity index (χ2n) is 7.22. The molecule has 0 aliphatic rings. The summed E-state index contributed by atoms with van der Waals surface area (Å²) in [5, 5.41) is 3.90. The highest BCUT2D eigenvalue weighted by Gasteiger charge is 2.30. The zero-order chi connectivity index (χ0) is 23.0. The molecule has 31 heavy (non-hydrogen) atoms. The number of rotatable bonds is 10. The van der Waals surface area contributed by atoms with Gasteiger partial charge in [-0.15, -0.1) is 0 Å². The van der Waals surface area contributed by atoms with Crippen molar-refractivity contribution in [1.82, 2.24) is 10.2 Å². The lowest BCUT2D eigenvalue weighted by Crippen LogP contribution is -2.51. The van der Waals surface area contributed by atoms with Crippen LogP contribution >= 0.6 is 39.1 Å². The van der Waals surface area contributed by atoms with Gasteiger partial charge in [0, 0.05) is 22.1 Å². The Morgan fingerprint density at radius 1 is 1.10 bits per heavy atom. The highest BCUT2D eigenvalue weighted by Crippen LogP contribution is 2.28. The van der Waals surface area contributed by atoms with Crippen molar-refractivity contribution in [2.45, 2.75) is 52.2 Å². The third-order valence-corrected chi connectivity index (χ3v) is 6.09. The summed E-state index contributed by atoms with van der Waals surface area (Å²) < 4.78 is 6.48. The van der Waals surface area contributed by atoms with Crippen molar-refractivity contribution in [3.63, 3.8) is 0 Å². The number of ether oxygens (including phenoxy) is 1. The molecule has 0 aromatic heterocycles. The molecule has 0 bridgehead atoms. The molecule has 2 rings (SSSR count). The number of hydrogen-bond acceptors (Lipinski definition) is 3. The van der Waals surface area contributed by atoms with Gasteiger partial charge in [-0.3, -0.25) is 9.59 Å². The molecule has 2 amide bonds. The highest BCUT2D eigenvalue weighted by atomic mass is 79.9. The minimum Gasteiger partial charge on any atom is -0.482 e. The molecule has 0 radical (unpaired) electrons. The van der Waals surface area contributed by atoms with Crippen molar-refractivity contribution in [3.8, 4) is 5.75 Å². The van der Waals surface area contributed by atoms with E-state index in [2.05, 4.69) is 21.2 Å². The SMILES string of the molecule is CCC(C)NC(=O)C(CC)N(Cc1ccccc1Cl)C(=O)COc1ccc(Br)cc1Cl. The van der Waals surface area contributed by atoms with Gasteiger partial charge < -0.3 is 15.0 Å². The average molecular weight is 530 g/mol. The van der Waals surface area contributed by atoms with E-state index in [4.69, 9.17) is 27.9 Å². The smallest absolute Gasteiger partial charge is 0.261 e. The van der Waals surface area contributed by atoms with Crippen molar-refractivity contribution in [2.75, 3.05) is 6.61 Å². The fourth-order valence-corrected chi connectivity index (χ4v) is 3.91. The molecule has 0 aliphatic carbocycles. The van der Waals surface area contributed by atoms with Crippen LogP contribution in [0.15, 0.2) is 46.9 Å². The van der Waals surface area contributed by atoms with E-state index in [0.29, 0.717) is 22.2 Å². The Labute approximate surface area is 202 Å². The fourth-order valence-electron chi connectivity index (χ4n) is 2.99. The van der Waals surface area contributed by atoms with Crippen molar-refractivity contribution < 1.29 is 14.3 Å². The number of nitrogens with zero attached hydrogens (tertiary/aromatic N) is 1. The first-order valence-electron chi connectivity index (χ1n) is 10.2. The molecule has 2 unspecified atom stereocenters. The first kappa shape index (κ1) is 25.5. The molecule has 0 saturated heterocycles. The predicted molar refractivity (Wildman–Crippen MR) is 129 cm³/mol. The Morgan fingerprint density at radius 3 is 2.42 bits per heavy atom. The Kier molecular flexibility index (Phi) is 10.1. The van der Waals surface area contributed by atoms with E-state index in [-0.39, 0.29) is 31.0 Å². The average Bonchev–Trinajstić information content (AvgIpc) is 2.74. The molecular weight excluding hydrogens is 503 g/mol. The lowest BCUT2D eigenvalue weighted by Gasteiger charge is -2.31. The molecule has 5 nitrogen and oxygen atoms in total. The van der Waals surface area contributed by atoms with E-state index in [1.807, 2.05) is 39.0 Å². The van der Waals surface area contributed by atoms with Crippen molar-refractivity contribution in [2.24, 2.45) is 0 Å². The van der Waals surface area contributed by atoms with Crippen LogP contribution in [-0.2, 0) is 16.1 Å². The van der Waals surface area contributed by atoms with Gasteiger partial charge >= 0.3 is 0 Å². The van der Waals surface area contributed by atoms with E-state index >= 15 is 0 Å². The van der Waals surface area contributed by atoms with Gasteiger partial charge in [0.15, 0.2) is 6.61 Å². The number of carbonyl (C=O) groups excluding carboxylic acids is 2. The van der Waals surface area contributed by atoms with Crippen molar-refractivity contribution >= 4 is 50.9 Å². The Balaban J connectivity index is 2.25. The Bertz CT molecular complexity index is 910. The van der Waals surface area contributed by atoms with Crippen LogP contribution in [0.5, 0.6) is 5.75 Å². The first-order valence-corrected chi connectivity index (χ1v) is 11.7. The molecule has 0 saturated carbocycles. The summed E-state index contributed by atoms with van der Waals surface area (Å²) in [7, 11) is 0. The summed E-state index contributed by atoms with van der Waals surface area (Å²) in [6.07, 6.45) is 1.25. The molecule has 1 N–H and O–H groups in total. The van der Waals surface area contributed by atoms with Gasteiger partial charge in [0.2, 0.25) is 5.91 Å². The molecule has 2 aromatic carbocycles. The number of halogens is 3. The van der Waals surface area contributed by atoms with Gasteiger partial charge in [0.25, 0.3) is 5.91 Å². The molecule has 168 valence electrons. The molecule has 0 aliphatic heterocycles. The summed E-state index contributed by atoms with van der Waals surface area (Å²) in [5.41, 5.74) is 0.758. The minimum atomic E-state index is -0.651. The molecule has 2 atom stereocenters. The lowest BCUT2D eigenvalue weighted by molar-refractivity contribution is -0.143. The van der Waals surface area contributed by atoms with Gasteiger partial charge in [-0.25, -0.2) is 0 Å². The van der Waals surface area contributed by atoms with Crippen LogP contribution in [0.4, 0.5) is 0 Å². The number of benzene rings is 2. The summed E-state index contributed by atoms with van der Waals surface area (Å²) in [6, 6.07) is 11.8. The van der Waals surface area contributed by atoms with E-state index < -0.39 is 6.04 Å². The number of amides is 2. The van der Waals surface area contributed by atoms with Crippen LogP contribution in [0.2, 0.25) is 10.0 Å². The van der Waals surface area contributed by atoms with Crippen molar-refractivity contribution in [1.29, 1.82) is 0 Å². The third kappa shape index (κ3) is 7.41. The van der Waals surface area contributed by atoms with Gasteiger partial charge in [-0.05, 0) is 49.6 Å². The van der Waals surface area contributed by atoms with Crippen LogP contribution in [0.1, 0.15) is 39.2 Å². The first-order chi connectivity index (χ1) is 14.8. The number of nitrogens with one attached hydrogen (secondary N) is 1. The maximum atomic E-state index is 13.2. The molecule has 0 heterocycles. The molecule has 8 heteroatoms. The largest absolute Gasteiger partial charge is 0.482 e. The molecule has 0 spiro atoms. The molecular formula is C23H27BrCl2N2O3. The van der Waals surface area contributed by atoms with E-state index in [0.717, 1.165) is 16.5 Å². The van der Waals surface area contributed by atoms with Gasteiger partial charge in [0.1, 0.15) is 11.8 Å². The second-order valence-corrected chi connectivity index (χ2v) is 8.95. The van der Waals surface area contributed by atoms with E-state index in [1.54, 1.807) is 24.3 Å². The van der Waals surface area contributed by atoms with Crippen LogP contribution < -0.4 is 10.1 Å². The quantitative estimate of drug-likeness (QED) is 0.419. The minimum absolute atomic E-state index is 0.0108. The zero-order valence-electron chi connectivity index (χ0n) is 17.8. The Hall–Kier alpha value is -1.76. The topological polar surface area (TPSA) is 58.6 Å². The van der Waals surface area contributed by atoms with Crippen molar-refractivity contribution in [3.05, 3.63) is 62.5 Å². The summed E-state index contributed by atoms with van der Waals surface area (Å²) >= 11 is 15.9. The highest BCUT2D eigenvalue weighted by molar-refractivity contribution is 9.10. The summed E-state index contributed by atoms with van der Waals surface area (Å²) in [6.45, 7) is 5.75. The molecule has 2 aromatic rings. The monoisotopic (exact) mass is 528 g/mol. The maximum absolute atomic E-state index is 13.2. The van der Waals surface area contributed by atoms with Crippen LogP contribution in [0.3, 0.4) is 0 Å². The second kappa shape index (κ2) is 12.3. The van der Waals surface area contributed by atoms with Crippen LogP contribution in [0.25, 0.3) is 0 Å². The van der Waals surface area contributed by atoms with E-state index in [1.165, 1.54) is 4.90 Å². The number of carbonyl (C=O) groups is 2. The van der Waals surface area contributed by atoms with Crippen LogP contribution in [-0.4, -0.2) is 35.4 Å². The third-order valence-electron chi connectivity index (χ3n) is 4.93. The molecule has 0 fully saturated rings. The lowest BCUT2D eigenvalue weighted by atomic mass is 10.1. The fraction of sp³-hybridized carbons (Fsp3) is 0.391. The number of hydrogen-bond donors (Lipinski definition) is 1. The maximum Gasteiger partial charge on any atom is 0.261 e. The standard InChI is InChI=1S/C23H27BrCl2N2O3/c1-4-15(3)27-23(30)20(5-2)28(13-16-8-6-7-9-18(16)25)22(29)14-31-21-11-10-17(24)12-19(21)26/h6-12,15,20H,4-5,13-14H2,1-3H3,(H,27,30). The Morgan fingerprint density at radius 2 is 1.81 bits per heavy atom. The summed E-state index contributed by atoms with van der Waals surface area (Å²) in [4.78, 5) is 27.6. The summed E-state index contributed by atoms with van der Waals surface area (Å²) in [5.74, 6) is -0.128. The van der Waals surface area contributed by atoms with Gasteiger partial charge in [-0.2, -0.15) is 0 Å². The predicted octanol–water partition coefficient (Wildman–Crippen LogP) is 5.86. The van der Waals surface area contributed by atoms with E-state index in [9.17, 15) is 9.59 Å². The van der Waals surface area contributed by atoms with Crippen LogP contribution in [0, 0.1) is 0 Å². The normalized spacial score (nSPS) is 12.7. The zero-order valence-corrected chi connectivity index (χ0v) is 20.9. The van der Waals surface area contributed by atoms with Gasteiger partial charge in [0.05, 0.1) is 5.02 Å². The van der Waals surface area contributed by atoms with Gasteiger partial charge in [-0.1, -0.05) is 71.2 Å².